The molecular formula is C15H13N3S. The van der Waals surface area contributed by atoms with Gasteiger partial charge in [-0.3, -0.25) is 0 Å². The molecule has 0 radical (unpaired) electrons. The molecule has 0 amide bonds. The maximum Gasteiger partial charge on any atom is 0.182 e. The summed E-state index contributed by atoms with van der Waals surface area (Å²) in [7, 11) is 0. The first-order valence-corrected chi connectivity index (χ1v) is 7.25. The fraction of sp³-hybridized carbons (Fsp3) is 0.200. The zero-order valence-electron chi connectivity index (χ0n) is 10.3. The van der Waals surface area contributed by atoms with Gasteiger partial charge in [0, 0.05) is 5.56 Å². The monoisotopic (exact) mass is 267 g/mol. The second kappa shape index (κ2) is 4.03. The van der Waals surface area contributed by atoms with Gasteiger partial charge >= 0.3 is 0 Å². The van der Waals surface area contributed by atoms with Crippen molar-refractivity contribution in [2.45, 2.75) is 18.8 Å². The fourth-order valence-electron chi connectivity index (χ4n) is 2.34. The van der Waals surface area contributed by atoms with Crippen molar-refractivity contribution < 1.29 is 0 Å². The van der Waals surface area contributed by atoms with Crippen molar-refractivity contribution in [3.63, 3.8) is 0 Å². The van der Waals surface area contributed by atoms with E-state index in [0.29, 0.717) is 5.13 Å². The molecule has 0 aliphatic heterocycles. The lowest BCUT2D eigenvalue weighted by Gasteiger charge is -2.02. The Morgan fingerprint density at radius 3 is 2.53 bits per heavy atom. The smallest absolute Gasteiger partial charge is 0.182 e. The Bertz CT molecular complexity index is 742. The Labute approximate surface area is 115 Å². The molecule has 0 atom stereocenters. The molecule has 19 heavy (non-hydrogen) atoms. The van der Waals surface area contributed by atoms with Crippen LogP contribution in [0.1, 0.15) is 24.3 Å². The van der Waals surface area contributed by atoms with Crippen molar-refractivity contribution >= 4 is 26.8 Å². The number of aromatic nitrogens is 2. The van der Waals surface area contributed by atoms with Crippen LogP contribution in [0.15, 0.2) is 36.4 Å². The van der Waals surface area contributed by atoms with Crippen LogP contribution in [0.4, 0.5) is 5.13 Å². The molecule has 1 aliphatic rings. The van der Waals surface area contributed by atoms with E-state index in [1.807, 2.05) is 12.1 Å². The minimum Gasteiger partial charge on any atom is -0.375 e. The number of thiazole rings is 1. The van der Waals surface area contributed by atoms with Gasteiger partial charge in [-0.05, 0) is 36.5 Å². The number of nitrogens with two attached hydrogens (primary N) is 1. The number of nitrogens with zero attached hydrogens (tertiary/aromatic N) is 2. The van der Waals surface area contributed by atoms with Crippen molar-refractivity contribution in [1.29, 1.82) is 0 Å². The Kier molecular flexibility index (Phi) is 2.32. The number of benzene rings is 1. The Morgan fingerprint density at radius 2 is 1.79 bits per heavy atom. The summed E-state index contributed by atoms with van der Waals surface area (Å²) in [6.07, 6.45) is 2.67. The first-order valence-electron chi connectivity index (χ1n) is 6.43. The van der Waals surface area contributed by atoms with Crippen LogP contribution in [0.25, 0.3) is 21.6 Å². The first-order chi connectivity index (χ1) is 9.29. The van der Waals surface area contributed by atoms with Crippen molar-refractivity contribution in [3.05, 3.63) is 42.0 Å². The Morgan fingerprint density at radius 1 is 1.00 bits per heavy atom. The van der Waals surface area contributed by atoms with Gasteiger partial charge in [0.25, 0.3) is 0 Å². The highest BCUT2D eigenvalue weighted by molar-refractivity contribution is 7.21. The molecule has 1 fully saturated rings. The second-order valence-corrected chi connectivity index (χ2v) is 5.98. The minimum atomic E-state index is 0.573. The van der Waals surface area contributed by atoms with E-state index in [9.17, 15) is 0 Å². The van der Waals surface area contributed by atoms with Gasteiger partial charge in [-0.15, -0.1) is 0 Å². The average molecular weight is 267 g/mol. The number of hydrogen-bond donors (Lipinski definition) is 1. The predicted octanol–water partition coefficient (Wildman–Crippen LogP) is 3.82. The van der Waals surface area contributed by atoms with Gasteiger partial charge in [-0.2, -0.15) is 0 Å². The van der Waals surface area contributed by atoms with E-state index in [2.05, 4.69) is 34.2 Å². The molecule has 0 bridgehead atoms. The molecule has 3 nitrogen and oxygen atoms in total. The van der Waals surface area contributed by atoms with Crippen LogP contribution in [-0.4, -0.2) is 9.97 Å². The number of fused-ring (bicyclic) bond motifs is 1. The van der Waals surface area contributed by atoms with Gasteiger partial charge in [0.15, 0.2) is 5.13 Å². The summed E-state index contributed by atoms with van der Waals surface area (Å²) < 4.78 is 0. The average Bonchev–Trinajstić information content (AvgIpc) is 3.20. The van der Waals surface area contributed by atoms with Crippen LogP contribution in [-0.2, 0) is 0 Å². The summed E-state index contributed by atoms with van der Waals surface area (Å²) in [5.74, 6) is 0.797. The first kappa shape index (κ1) is 10.9. The van der Waals surface area contributed by atoms with Crippen LogP contribution in [0.2, 0.25) is 0 Å². The molecule has 4 heteroatoms. The van der Waals surface area contributed by atoms with Gasteiger partial charge in [-0.25, -0.2) is 9.97 Å². The Balaban J connectivity index is 1.75. The van der Waals surface area contributed by atoms with E-state index in [1.54, 1.807) is 0 Å². The second-order valence-electron chi connectivity index (χ2n) is 4.97. The lowest BCUT2D eigenvalue weighted by Crippen LogP contribution is -1.85. The van der Waals surface area contributed by atoms with E-state index in [0.717, 1.165) is 27.5 Å². The van der Waals surface area contributed by atoms with Crippen molar-refractivity contribution in [1.82, 2.24) is 9.97 Å². The van der Waals surface area contributed by atoms with Gasteiger partial charge in [0.2, 0.25) is 0 Å². The van der Waals surface area contributed by atoms with Gasteiger partial charge in [0.05, 0.1) is 5.69 Å². The highest BCUT2D eigenvalue weighted by Gasteiger charge is 2.23. The molecule has 3 aromatic rings. The van der Waals surface area contributed by atoms with Crippen LogP contribution >= 0.6 is 11.3 Å². The summed E-state index contributed by atoms with van der Waals surface area (Å²) in [5, 5.41) is 0.573. The van der Waals surface area contributed by atoms with E-state index in [1.165, 1.54) is 29.7 Å². The van der Waals surface area contributed by atoms with Gasteiger partial charge < -0.3 is 5.73 Å². The standard InChI is InChI=1S/C15H13N3S/c16-15-18-13-8-7-12(17-14(13)19-15)11-5-3-10(4-6-11)9-1-2-9/h3-9H,1-2H2,(H2,16,18). The molecule has 0 spiro atoms. The molecular weight excluding hydrogens is 254 g/mol. The molecule has 94 valence electrons. The quantitative estimate of drug-likeness (QED) is 0.768. The highest BCUT2D eigenvalue weighted by atomic mass is 32.1. The molecule has 2 N–H and O–H groups in total. The van der Waals surface area contributed by atoms with Gasteiger partial charge in [-0.1, -0.05) is 35.6 Å². The normalized spacial score (nSPS) is 14.9. The molecule has 4 rings (SSSR count). The number of nitrogen functional groups attached to an aromatic ring is 1. The van der Waals surface area contributed by atoms with Crippen molar-refractivity contribution in [3.8, 4) is 11.3 Å². The summed E-state index contributed by atoms with van der Waals surface area (Å²) in [5.41, 5.74) is 10.2. The van der Waals surface area contributed by atoms with E-state index in [4.69, 9.17) is 5.73 Å². The van der Waals surface area contributed by atoms with E-state index in [-0.39, 0.29) is 0 Å². The van der Waals surface area contributed by atoms with Crippen LogP contribution in [0.3, 0.4) is 0 Å². The van der Waals surface area contributed by atoms with Gasteiger partial charge in [0.1, 0.15) is 10.3 Å². The molecule has 1 aliphatic carbocycles. The molecule has 1 saturated carbocycles. The highest BCUT2D eigenvalue weighted by Crippen LogP contribution is 2.40. The lowest BCUT2D eigenvalue weighted by molar-refractivity contribution is 1.13. The fourth-order valence-corrected chi connectivity index (χ4v) is 3.04. The maximum absolute atomic E-state index is 5.71. The summed E-state index contributed by atoms with van der Waals surface area (Å²) in [4.78, 5) is 9.76. The van der Waals surface area contributed by atoms with E-state index >= 15 is 0 Å². The van der Waals surface area contributed by atoms with Crippen molar-refractivity contribution in [2.24, 2.45) is 0 Å². The third-order valence-electron chi connectivity index (χ3n) is 3.53. The zero-order chi connectivity index (χ0) is 12.8. The molecule has 2 aromatic heterocycles. The summed E-state index contributed by atoms with van der Waals surface area (Å²) in [6.45, 7) is 0. The summed E-state index contributed by atoms with van der Waals surface area (Å²) >= 11 is 1.43. The SMILES string of the molecule is Nc1nc2ccc(-c3ccc(C4CC4)cc3)nc2s1. The predicted molar refractivity (Wildman–Crippen MR) is 79.2 cm³/mol. The number of rotatable bonds is 2. The molecule has 0 saturated heterocycles. The van der Waals surface area contributed by atoms with Crippen LogP contribution < -0.4 is 5.73 Å². The molecule has 1 aromatic carbocycles. The lowest BCUT2D eigenvalue weighted by atomic mass is 10.1. The summed E-state index contributed by atoms with van der Waals surface area (Å²) in [6, 6.07) is 12.8. The number of hydrogen-bond acceptors (Lipinski definition) is 4. The largest absolute Gasteiger partial charge is 0.375 e. The minimum absolute atomic E-state index is 0.573. The molecule has 0 unspecified atom stereocenters. The number of anilines is 1. The van der Waals surface area contributed by atoms with Crippen molar-refractivity contribution in [2.75, 3.05) is 5.73 Å². The number of pyridine rings is 1. The molecule has 2 heterocycles. The third kappa shape index (κ3) is 1.98. The van der Waals surface area contributed by atoms with E-state index < -0.39 is 0 Å². The zero-order valence-corrected chi connectivity index (χ0v) is 11.2. The Hall–Kier alpha value is -1.94. The third-order valence-corrected chi connectivity index (χ3v) is 4.32. The van der Waals surface area contributed by atoms with Crippen LogP contribution in [0, 0.1) is 0 Å². The maximum atomic E-state index is 5.71. The van der Waals surface area contributed by atoms with Crippen LogP contribution in [0.5, 0.6) is 0 Å². The topological polar surface area (TPSA) is 51.8 Å².